The highest BCUT2D eigenvalue weighted by atomic mass is 14.6. The molecule has 64 valence electrons. The fraction of sp³-hybridized carbons (Fsp3) is 0.200. The zero-order valence-corrected chi connectivity index (χ0v) is 7.55. The fourth-order valence-electron chi connectivity index (χ4n) is 1.20. The van der Waals surface area contributed by atoms with Gasteiger partial charge < -0.3 is 5.73 Å². The minimum Gasteiger partial charge on any atom is -0.397 e. The molecule has 0 saturated carbocycles. The Hall–Kier alpha value is -2.00. The van der Waals surface area contributed by atoms with E-state index in [1.54, 1.807) is 19.9 Å². The maximum Gasteiger partial charge on any atom is 0.102 e. The molecule has 1 rings (SSSR count). The van der Waals surface area contributed by atoms with Crippen molar-refractivity contribution in [1.82, 2.24) is 0 Å². The van der Waals surface area contributed by atoms with E-state index in [4.69, 9.17) is 16.3 Å². The number of nitrogens with two attached hydrogens (primary N) is 1. The Bertz CT molecular complexity index is 433. The molecule has 0 unspecified atom stereocenters. The lowest BCUT2D eigenvalue weighted by atomic mass is 9.98. The van der Waals surface area contributed by atoms with Crippen molar-refractivity contribution in [1.29, 1.82) is 10.5 Å². The molecule has 3 heteroatoms. The first-order chi connectivity index (χ1) is 6.11. The summed E-state index contributed by atoms with van der Waals surface area (Å²) in [6.07, 6.45) is 0. The average Bonchev–Trinajstić information content (AvgIpc) is 2.12. The van der Waals surface area contributed by atoms with E-state index < -0.39 is 0 Å². The van der Waals surface area contributed by atoms with Crippen molar-refractivity contribution in [2.75, 3.05) is 5.73 Å². The van der Waals surface area contributed by atoms with Crippen molar-refractivity contribution in [2.45, 2.75) is 13.8 Å². The Morgan fingerprint density at radius 3 is 2.31 bits per heavy atom. The molecule has 2 N–H and O–H groups in total. The van der Waals surface area contributed by atoms with E-state index in [9.17, 15) is 0 Å². The van der Waals surface area contributed by atoms with Crippen molar-refractivity contribution in [3.05, 3.63) is 28.3 Å². The topological polar surface area (TPSA) is 73.6 Å². The molecule has 13 heavy (non-hydrogen) atoms. The van der Waals surface area contributed by atoms with Crippen LogP contribution in [0.3, 0.4) is 0 Å². The number of hydrogen-bond acceptors (Lipinski definition) is 3. The molecule has 1 aromatic rings. The first-order valence-corrected chi connectivity index (χ1v) is 3.81. The molecule has 0 radical (unpaired) electrons. The van der Waals surface area contributed by atoms with Crippen LogP contribution in [0.2, 0.25) is 0 Å². The van der Waals surface area contributed by atoms with E-state index in [1.165, 1.54) is 0 Å². The molecule has 0 saturated heterocycles. The lowest BCUT2D eigenvalue weighted by Gasteiger charge is -2.06. The lowest BCUT2D eigenvalue weighted by molar-refractivity contribution is 1.31. The summed E-state index contributed by atoms with van der Waals surface area (Å²) in [5, 5.41) is 17.6. The number of nitriles is 2. The van der Waals surface area contributed by atoms with Crippen LogP contribution in [0, 0.1) is 36.5 Å². The summed E-state index contributed by atoms with van der Waals surface area (Å²) in [5.74, 6) is 0. The second-order valence-electron chi connectivity index (χ2n) is 2.88. The zero-order chi connectivity index (χ0) is 10.0. The van der Waals surface area contributed by atoms with Crippen LogP contribution in [-0.2, 0) is 0 Å². The molecule has 0 atom stereocenters. The van der Waals surface area contributed by atoms with Gasteiger partial charge in [-0.05, 0) is 31.0 Å². The summed E-state index contributed by atoms with van der Waals surface area (Å²) < 4.78 is 0. The van der Waals surface area contributed by atoms with Crippen LogP contribution in [0.4, 0.5) is 5.69 Å². The highest BCUT2D eigenvalue weighted by Gasteiger charge is 2.09. The van der Waals surface area contributed by atoms with E-state index in [2.05, 4.69) is 0 Å². The Morgan fingerprint density at radius 1 is 1.23 bits per heavy atom. The van der Waals surface area contributed by atoms with Crippen molar-refractivity contribution >= 4 is 5.69 Å². The number of anilines is 1. The summed E-state index contributed by atoms with van der Waals surface area (Å²) in [5.41, 5.74) is 8.52. The van der Waals surface area contributed by atoms with Crippen molar-refractivity contribution in [2.24, 2.45) is 0 Å². The maximum atomic E-state index is 8.80. The molecule has 0 heterocycles. The van der Waals surface area contributed by atoms with Gasteiger partial charge in [-0.15, -0.1) is 0 Å². The molecule has 0 amide bonds. The Morgan fingerprint density at radius 2 is 1.85 bits per heavy atom. The van der Waals surface area contributed by atoms with E-state index in [0.29, 0.717) is 22.4 Å². The largest absolute Gasteiger partial charge is 0.397 e. The SMILES string of the molecule is Cc1cc(C#N)c(C)c(C#N)c1N. The van der Waals surface area contributed by atoms with Crippen molar-refractivity contribution in [3.63, 3.8) is 0 Å². The highest BCUT2D eigenvalue weighted by Crippen LogP contribution is 2.23. The van der Waals surface area contributed by atoms with E-state index in [-0.39, 0.29) is 0 Å². The van der Waals surface area contributed by atoms with Gasteiger partial charge in [-0.2, -0.15) is 10.5 Å². The third kappa shape index (κ3) is 1.32. The Labute approximate surface area is 77.0 Å². The smallest absolute Gasteiger partial charge is 0.102 e. The van der Waals surface area contributed by atoms with Gasteiger partial charge in [0.05, 0.1) is 22.9 Å². The summed E-state index contributed by atoms with van der Waals surface area (Å²) in [6, 6.07) is 5.73. The van der Waals surface area contributed by atoms with Gasteiger partial charge in [-0.25, -0.2) is 0 Å². The van der Waals surface area contributed by atoms with Gasteiger partial charge in [0.25, 0.3) is 0 Å². The Balaban J connectivity index is 3.63. The molecule has 0 aromatic heterocycles. The van der Waals surface area contributed by atoms with Gasteiger partial charge in [-0.1, -0.05) is 0 Å². The highest BCUT2D eigenvalue weighted by molar-refractivity contribution is 5.66. The van der Waals surface area contributed by atoms with Crippen LogP contribution in [0.5, 0.6) is 0 Å². The molecule has 0 fully saturated rings. The van der Waals surface area contributed by atoms with Gasteiger partial charge in [0.15, 0.2) is 0 Å². The summed E-state index contributed by atoms with van der Waals surface area (Å²) in [7, 11) is 0. The third-order valence-corrected chi connectivity index (χ3v) is 2.07. The lowest BCUT2D eigenvalue weighted by Crippen LogP contribution is -1.99. The van der Waals surface area contributed by atoms with E-state index in [1.807, 2.05) is 12.1 Å². The van der Waals surface area contributed by atoms with Crippen LogP contribution in [0.1, 0.15) is 22.3 Å². The molecule has 3 nitrogen and oxygen atoms in total. The van der Waals surface area contributed by atoms with E-state index >= 15 is 0 Å². The van der Waals surface area contributed by atoms with Crippen LogP contribution in [0.15, 0.2) is 6.07 Å². The van der Waals surface area contributed by atoms with E-state index in [0.717, 1.165) is 5.56 Å². The zero-order valence-electron chi connectivity index (χ0n) is 7.55. The summed E-state index contributed by atoms with van der Waals surface area (Å²) >= 11 is 0. The molecule has 0 spiro atoms. The summed E-state index contributed by atoms with van der Waals surface area (Å²) in [4.78, 5) is 0. The van der Waals surface area contributed by atoms with Crippen molar-refractivity contribution in [3.8, 4) is 12.1 Å². The number of aryl methyl sites for hydroxylation is 1. The maximum absolute atomic E-state index is 8.80. The van der Waals surface area contributed by atoms with Gasteiger partial charge in [-0.3, -0.25) is 0 Å². The molecular formula is C10H9N3. The predicted molar refractivity (Wildman–Crippen MR) is 49.8 cm³/mol. The number of rotatable bonds is 0. The molecule has 0 bridgehead atoms. The molecule has 0 aliphatic heterocycles. The molecule has 1 aromatic carbocycles. The number of hydrogen-bond donors (Lipinski definition) is 1. The first-order valence-electron chi connectivity index (χ1n) is 3.81. The first kappa shape index (κ1) is 9.09. The van der Waals surface area contributed by atoms with Crippen LogP contribution in [-0.4, -0.2) is 0 Å². The third-order valence-electron chi connectivity index (χ3n) is 2.07. The Kier molecular flexibility index (Phi) is 2.21. The van der Waals surface area contributed by atoms with Crippen LogP contribution in [0.25, 0.3) is 0 Å². The van der Waals surface area contributed by atoms with Crippen LogP contribution >= 0.6 is 0 Å². The number of nitrogen functional groups attached to an aromatic ring is 1. The van der Waals surface area contributed by atoms with Crippen molar-refractivity contribution < 1.29 is 0 Å². The summed E-state index contributed by atoms with van der Waals surface area (Å²) in [6.45, 7) is 3.52. The molecule has 0 aliphatic carbocycles. The fourth-order valence-corrected chi connectivity index (χ4v) is 1.20. The van der Waals surface area contributed by atoms with Gasteiger partial charge in [0.2, 0.25) is 0 Å². The predicted octanol–water partition coefficient (Wildman–Crippen LogP) is 1.63. The standard InChI is InChI=1S/C10H9N3/c1-6-3-8(4-11)7(2)9(5-12)10(6)13/h3H,13H2,1-2H3. The quantitative estimate of drug-likeness (QED) is 0.603. The van der Waals surface area contributed by atoms with Gasteiger partial charge in [0, 0.05) is 0 Å². The number of nitrogens with zero attached hydrogens (tertiary/aromatic N) is 2. The normalized spacial score (nSPS) is 8.92. The second-order valence-corrected chi connectivity index (χ2v) is 2.88. The average molecular weight is 171 g/mol. The second kappa shape index (κ2) is 3.16. The minimum absolute atomic E-state index is 0.413. The minimum atomic E-state index is 0.413. The van der Waals surface area contributed by atoms with Crippen LogP contribution < -0.4 is 5.73 Å². The number of benzene rings is 1. The molecule has 0 aliphatic rings. The van der Waals surface area contributed by atoms with Gasteiger partial charge in [0.1, 0.15) is 6.07 Å². The molecular weight excluding hydrogens is 162 g/mol. The van der Waals surface area contributed by atoms with Gasteiger partial charge >= 0.3 is 0 Å². The monoisotopic (exact) mass is 171 g/mol.